The van der Waals surface area contributed by atoms with Crippen LogP contribution in [0.25, 0.3) is 0 Å². The third-order valence-corrected chi connectivity index (χ3v) is 6.90. The molecule has 4 rings (SSSR count). The molecule has 0 bridgehead atoms. The largest absolute Gasteiger partial charge is 0.493 e. The molecule has 1 aromatic rings. The van der Waals surface area contributed by atoms with Crippen molar-refractivity contribution in [2.45, 2.75) is 83.5 Å². The molecular formula is C24H35F2NO3. The van der Waals surface area contributed by atoms with E-state index in [0.717, 1.165) is 25.9 Å². The number of piperidine rings is 1. The second-order valence-electron chi connectivity index (χ2n) is 10.6. The Labute approximate surface area is 178 Å². The van der Waals surface area contributed by atoms with Gasteiger partial charge in [0.15, 0.2) is 11.5 Å². The van der Waals surface area contributed by atoms with Crippen molar-refractivity contribution in [3.63, 3.8) is 0 Å². The minimum Gasteiger partial charge on any atom is -0.493 e. The van der Waals surface area contributed by atoms with E-state index < -0.39 is 12.0 Å². The number of benzene rings is 1. The first-order valence-corrected chi connectivity index (χ1v) is 11.2. The molecule has 30 heavy (non-hydrogen) atoms. The van der Waals surface area contributed by atoms with Gasteiger partial charge in [-0.1, -0.05) is 20.8 Å². The minimum absolute atomic E-state index is 0.115. The Balaban J connectivity index is 1.54. The van der Waals surface area contributed by atoms with E-state index in [2.05, 4.69) is 25.7 Å². The minimum atomic E-state index is -2.63. The molecule has 2 heterocycles. The van der Waals surface area contributed by atoms with Crippen LogP contribution in [0.5, 0.6) is 11.5 Å². The average molecular weight is 424 g/mol. The lowest BCUT2D eigenvalue weighted by Crippen LogP contribution is -2.48. The zero-order valence-corrected chi connectivity index (χ0v) is 18.6. The van der Waals surface area contributed by atoms with Crippen LogP contribution in [-0.2, 0) is 6.42 Å². The van der Waals surface area contributed by atoms with Gasteiger partial charge in [0.25, 0.3) is 5.92 Å². The first-order chi connectivity index (χ1) is 14.0. The van der Waals surface area contributed by atoms with Gasteiger partial charge in [-0.15, -0.1) is 0 Å². The van der Waals surface area contributed by atoms with E-state index in [9.17, 15) is 13.9 Å². The molecule has 1 saturated heterocycles. The zero-order chi connectivity index (χ0) is 21.7. The molecule has 1 saturated carbocycles. The number of nitrogens with zero attached hydrogens (tertiary/aromatic N) is 1. The van der Waals surface area contributed by atoms with Crippen LogP contribution in [0.2, 0.25) is 0 Å². The first-order valence-electron chi connectivity index (χ1n) is 11.2. The highest BCUT2D eigenvalue weighted by Gasteiger charge is 2.42. The van der Waals surface area contributed by atoms with Crippen molar-refractivity contribution in [1.82, 2.24) is 4.90 Å². The topological polar surface area (TPSA) is 41.9 Å². The lowest BCUT2D eigenvalue weighted by Gasteiger charge is -2.47. The second-order valence-corrected chi connectivity index (χ2v) is 10.6. The highest BCUT2D eigenvalue weighted by molar-refractivity contribution is 5.50. The van der Waals surface area contributed by atoms with Gasteiger partial charge in [-0.2, -0.15) is 0 Å². The summed E-state index contributed by atoms with van der Waals surface area (Å²) in [5, 5.41) is 10.9. The second kappa shape index (κ2) is 7.94. The maximum atomic E-state index is 13.6. The third kappa shape index (κ3) is 4.59. The summed E-state index contributed by atoms with van der Waals surface area (Å²) in [5.41, 5.74) is 2.55. The van der Waals surface area contributed by atoms with Crippen molar-refractivity contribution in [3.8, 4) is 11.5 Å². The fraction of sp³-hybridized carbons (Fsp3) is 0.750. The van der Waals surface area contributed by atoms with Gasteiger partial charge in [-0.25, -0.2) is 8.78 Å². The summed E-state index contributed by atoms with van der Waals surface area (Å²) in [6.45, 7) is 8.52. The van der Waals surface area contributed by atoms with Crippen LogP contribution < -0.4 is 9.47 Å². The van der Waals surface area contributed by atoms with Gasteiger partial charge in [0.05, 0.1) is 13.2 Å². The van der Waals surface area contributed by atoms with E-state index in [0.29, 0.717) is 24.3 Å². The predicted octanol–water partition coefficient (Wildman–Crippen LogP) is 4.98. The van der Waals surface area contributed by atoms with Crippen LogP contribution in [-0.4, -0.2) is 48.3 Å². The molecule has 0 radical (unpaired) electrons. The molecule has 2 aliphatic heterocycles. The molecule has 168 valence electrons. The monoisotopic (exact) mass is 423 g/mol. The van der Waals surface area contributed by atoms with Crippen LogP contribution in [0.15, 0.2) is 12.1 Å². The van der Waals surface area contributed by atoms with E-state index in [4.69, 9.17) is 9.47 Å². The number of rotatable bonds is 4. The quantitative estimate of drug-likeness (QED) is 0.742. The lowest BCUT2D eigenvalue weighted by atomic mass is 9.75. The van der Waals surface area contributed by atoms with Crippen molar-refractivity contribution in [2.75, 3.05) is 20.2 Å². The fourth-order valence-electron chi connectivity index (χ4n) is 5.53. The Morgan fingerprint density at radius 1 is 1.23 bits per heavy atom. The summed E-state index contributed by atoms with van der Waals surface area (Å²) in [4.78, 5) is 2.49. The Morgan fingerprint density at radius 3 is 2.63 bits per heavy atom. The number of ether oxygens (including phenoxy) is 2. The molecule has 4 nitrogen and oxygen atoms in total. The molecule has 3 aliphatic rings. The number of hydrogen-bond acceptors (Lipinski definition) is 4. The maximum absolute atomic E-state index is 13.6. The van der Waals surface area contributed by atoms with Gasteiger partial charge in [0, 0.05) is 32.0 Å². The summed E-state index contributed by atoms with van der Waals surface area (Å²) in [6.07, 6.45) is 1.84. The standard InChI is InChI=1S/C24H35F2NO3/c1-23(2,3)12-16-14-27-8-6-15-9-22(30-17-5-7-24(25,26)13-17)21(29-4)10-18(15)19(27)11-20(16)28/h9-10,16-17,19-20,28H,5-8,11-14H2,1-4H3/t16-,17?,19-,20-/m1/s1. The summed E-state index contributed by atoms with van der Waals surface area (Å²) in [7, 11) is 1.59. The number of fused-ring (bicyclic) bond motifs is 3. The molecular weight excluding hydrogens is 388 g/mol. The third-order valence-electron chi connectivity index (χ3n) is 6.90. The summed E-state index contributed by atoms with van der Waals surface area (Å²) < 4.78 is 38.7. The number of methoxy groups -OCH3 is 1. The molecule has 1 aliphatic carbocycles. The Morgan fingerprint density at radius 2 is 2.00 bits per heavy atom. The van der Waals surface area contributed by atoms with Gasteiger partial charge in [-0.05, 0) is 60.3 Å². The van der Waals surface area contributed by atoms with Crippen molar-refractivity contribution in [3.05, 3.63) is 23.3 Å². The zero-order valence-electron chi connectivity index (χ0n) is 18.6. The fourth-order valence-corrected chi connectivity index (χ4v) is 5.53. The highest BCUT2D eigenvalue weighted by atomic mass is 19.3. The molecule has 4 atom stereocenters. The summed E-state index contributed by atoms with van der Waals surface area (Å²) >= 11 is 0. The molecule has 1 unspecified atom stereocenters. The predicted molar refractivity (Wildman–Crippen MR) is 112 cm³/mol. The Bertz CT molecular complexity index is 776. The summed E-state index contributed by atoms with van der Waals surface area (Å²) in [6, 6.07) is 4.15. The lowest BCUT2D eigenvalue weighted by molar-refractivity contribution is -0.0259. The van der Waals surface area contributed by atoms with Crippen molar-refractivity contribution in [2.24, 2.45) is 11.3 Å². The van der Waals surface area contributed by atoms with E-state index in [1.165, 1.54) is 11.1 Å². The molecule has 0 aromatic heterocycles. The van der Waals surface area contributed by atoms with Gasteiger partial charge < -0.3 is 14.6 Å². The maximum Gasteiger partial charge on any atom is 0.251 e. The molecule has 1 aromatic carbocycles. The molecule has 2 fully saturated rings. The van der Waals surface area contributed by atoms with Crippen LogP contribution in [0.1, 0.15) is 70.0 Å². The first kappa shape index (κ1) is 21.8. The number of halogens is 2. The smallest absolute Gasteiger partial charge is 0.251 e. The Kier molecular flexibility index (Phi) is 5.77. The number of alkyl halides is 2. The average Bonchev–Trinajstić information content (AvgIpc) is 2.99. The highest BCUT2D eigenvalue weighted by Crippen LogP contribution is 2.45. The van der Waals surface area contributed by atoms with Crippen LogP contribution in [0.4, 0.5) is 8.78 Å². The van der Waals surface area contributed by atoms with Gasteiger partial charge in [-0.3, -0.25) is 4.90 Å². The van der Waals surface area contributed by atoms with E-state index in [-0.39, 0.29) is 36.3 Å². The number of aliphatic hydroxyl groups excluding tert-OH is 1. The van der Waals surface area contributed by atoms with Crippen molar-refractivity contribution in [1.29, 1.82) is 0 Å². The van der Waals surface area contributed by atoms with Gasteiger partial charge in [0.1, 0.15) is 6.10 Å². The SMILES string of the molecule is COc1cc2c(cc1OC1CCC(F)(F)C1)CCN1C[C@@H](CC(C)(C)C)[C@H](O)C[C@H]21. The van der Waals surface area contributed by atoms with Crippen molar-refractivity contribution < 1.29 is 23.4 Å². The van der Waals surface area contributed by atoms with E-state index in [1.54, 1.807) is 7.11 Å². The van der Waals surface area contributed by atoms with E-state index in [1.807, 2.05) is 12.1 Å². The number of hydrogen-bond donors (Lipinski definition) is 1. The number of aliphatic hydroxyl groups is 1. The van der Waals surface area contributed by atoms with E-state index >= 15 is 0 Å². The Hall–Kier alpha value is -1.40. The van der Waals surface area contributed by atoms with Crippen molar-refractivity contribution >= 4 is 0 Å². The molecule has 1 N–H and O–H groups in total. The normalized spacial score (nSPS) is 31.2. The summed E-state index contributed by atoms with van der Waals surface area (Å²) in [5.74, 6) is -1.18. The molecule has 0 spiro atoms. The van der Waals surface area contributed by atoms with Crippen LogP contribution >= 0.6 is 0 Å². The van der Waals surface area contributed by atoms with Gasteiger partial charge in [0.2, 0.25) is 0 Å². The van der Waals surface area contributed by atoms with Crippen LogP contribution in [0.3, 0.4) is 0 Å². The molecule has 0 amide bonds. The molecule has 6 heteroatoms. The van der Waals surface area contributed by atoms with Crippen LogP contribution in [0, 0.1) is 11.3 Å². The van der Waals surface area contributed by atoms with Gasteiger partial charge >= 0.3 is 0 Å².